The first-order valence-electron chi connectivity index (χ1n) is 7.71. The van der Waals surface area contributed by atoms with Crippen molar-refractivity contribution in [3.63, 3.8) is 0 Å². The van der Waals surface area contributed by atoms with Crippen molar-refractivity contribution < 1.29 is 0 Å². The van der Waals surface area contributed by atoms with Crippen LogP contribution in [0.3, 0.4) is 0 Å². The van der Waals surface area contributed by atoms with Gasteiger partial charge in [-0.05, 0) is 36.8 Å². The van der Waals surface area contributed by atoms with Gasteiger partial charge >= 0.3 is 0 Å². The van der Waals surface area contributed by atoms with Crippen molar-refractivity contribution in [2.24, 2.45) is 11.8 Å². The van der Waals surface area contributed by atoms with E-state index in [0.717, 1.165) is 42.0 Å². The average Bonchev–Trinajstić information content (AvgIpc) is 2.56. The molecule has 21 heavy (non-hydrogen) atoms. The molecule has 4 heteroatoms. The summed E-state index contributed by atoms with van der Waals surface area (Å²) in [6.45, 7) is 6.82. The summed E-state index contributed by atoms with van der Waals surface area (Å²) in [6, 6.07) is 3.91. The van der Waals surface area contributed by atoms with E-state index in [-0.39, 0.29) is 0 Å². The first-order chi connectivity index (χ1) is 10.2. The fraction of sp³-hybridized carbons (Fsp3) is 0.471. The molecule has 1 saturated heterocycles. The third-order valence-electron chi connectivity index (χ3n) is 4.42. The van der Waals surface area contributed by atoms with Gasteiger partial charge in [0.25, 0.3) is 0 Å². The summed E-state index contributed by atoms with van der Waals surface area (Å²) in [6.07, 6.45) is 9.82. The highest BCUT2D eigenvalue weighted by Crippen LogP contribution is 2.27. The zero-order valence-corrected chi connectivity index (χ0v) is 12.7. The van der Waals surface area contributed by atoms with Crippen LogP contribution in [0.5, 0.6) is 0 Å². The van der Waals surface area contributed by atoms with Crippen LogP contribution in [0, 0.1) is 11.8 Å². The van der Waals surface area contributed by atoms with Crippen LogP contribution < -0.4 is 4.90 Å². The second-order valence-electron chi connectivity index (χ2n) is 6.06. The quantitative estimate of drug-likeness (QED) is 0.865. The van der Waals surface area contributed by atoms with Crippen molar-refractivity contribution in [2.75, 3.05) is 18.0 Å². The zero-order valence-electron chi connectivity index (χ0n) is 12.7. The van der Waals surface area contributed by atoms with Crippen LogP contribution in [0.1, 0.15) is 26.7 Å². The molecule has 2 aromatic heterocycles. The second kappa shape index (κ2) is 6.20. The van der Waals surface area contributed by atoms with Gasteiger partial charge < -0.3 is 4.90 Å². The van der Waals surface area contributed by atoms with Gasteiger partial charge in [-0.25, -0.2) is 4.98 Å². The van der Waals surface area contributed by atoms with E-state index in [1.54, 1.807) is 12.4 Å². The minimum Gasteiger partial charge on any atom is -0.355 e. The topological polar surface area (TPSA) is 41.9 Å². The molecule has 0 spiro atoms. The molecule has 0 N–H and O–H groups in total. The molecule has 1 aliphatic rings. The number of rotatable bonds is 3. The Labute approximate surface area is 126 Å². The Morgan fingerprint density at radius 2 is 1.76 bits per heavy atom. The highest BCUT2D eigenvalue weighted by molar-refractivity contribution is 5.58. The molecular weight excluding hydrogens is 260 g/mol. The predicted molar refractivity (Wildman–Crippen MR) is 85.0 cm³/mol. The van der Waals surface area contributed by atoms with Crippen molar-refractivity contribution in [3.05, 3.63) is 36.9 Å². The molecule has 3 rings (SSSR count). The Bertz CT molecular complexity index is 557. The maximum atomic E-state index is 4.59. The molecular formula is C17H22N4. The number of anilines is 1. The Morgan fingerprint density at radius 1 is 1.05 bits per heavy atom. The number of piperidine rings is 1. The SMILES string of the molecule is CC(C)C1CCN(c2cnc(-c3ccncc3)cn2)CC1. The van der Waals surface area contributed by atoms with E-state index < -0.39 is 0 Å². The number of pyridine rings is 1. The van der Waals surface area contributed by atoms with E-state index in [2.05, 4.69) is 33.7 Å². The van der Waals surface area contributed by atoms with E-state index in [1.807, 2.05) is 24.5 Å². The van der Waals surface area contributed by atoms with Crippen LogP contribution in [-0.2, 0) is 0 Å². The number of hydrogen-bond acceptors (Lipinski definition) is 4. The number of aromatic nitrogens is 3. The van der Waals surface area contributed by atoms with E-state index in [0.29, 0.717) is 0 Å². The maximum absolute atomic E-state index is 4.59. The fourth-order valence-electron chi connectivity index (χ4n) is 2.95. The van der Waals surface area contributed by atoms with Gasteiger partial charge in [-0.3, -0.25) is 9.97 Å². The maximum Gasteiger partial charge on any atom is 0.147 e. The summed E-state index contributed by atoms with van der Waals surface area (Å²) >= 11 is 0. The molecule has 4 nitrogen and oxygen atoms in total. The van der Waals surface area contributed by atoms with Crippen LogP contribution in [0.4, 0.5) is 5.82 Å². The van der Waals surface area contributed by atoms with Crippen molar-refractivity contribution in [3.8, 4) is 11.3 Å². The highest BCUT2D eigenvalue weighted by atomic mass is 15.2. The Balaban J connectivity index is 1.68. The Hall–Kier alpha value is -1.97. The van der Waals surface area contributed by atoms with Gasteiger partial charge in [-0.15, -0.1) is 0 Å². The van der Waals surface area contributed by atoms with Gasteiger partial charge in [-0.2, -0.15) is 0 Å². The van der Waals surface area contributed by atoms with E-state index in [4.69, 9.17) is 0 Å². The lowest BCUT2D eigenvalue weighted by Gasteiger charge is -2.34. The molecule has 3 heterocycles. The largest absolute Gasteiger partial charge is 0.355 e. The summed E-state index contributed by atoms with van der Waals surface area (Å²) in [7, 11) is 0. The summed E-state index contributed by atoms with van der Waals surface area (Å²) in [5, 5.41) is 0. The Kier molecular flexibility index (Phi) is 4.13. The molecule has 0 bridgehead atoms. The standard InChI is InChI=1S/C17H22N4/c1-13(2)14-5-9-21(10-6-14)17-12-19-16(11-20-17)15-3-7-18-8-4-15/h3-4,7-8,11-14H,5-6,9-10H2,1-2H3. The summed E-state index contributed by atoms with van der Waals surface area (Å²) in [5.41, 5.74) is 1.96. The third-order valence-corrected chi connectivity index (χ3v) is 4.42. The van der Waals surface area contributed by atoms with Gasteiger partial charge in [0, 0.05) is 31.0 Å². The van der Waals surface area contributed by atoms with Crippen LogP contribution in [0.15, 0.2) is 36.9 Å². The summed E-state index contributed by atoms with van der Waals surface area (Å²) in [4.78, 5) is 15.5. The van der Waals surface area contributed by atoms with Gasteiger partial charge in [0.05, 0.1) is 18.1 Å². The molecule has 1 aliphatic heterocycles. The molecule has 0 aromatic carbocycles. The molecule has 0 saturated carbocycles. The van der Waals surface area contributed by atoms with Gasteiger partial charge in [-0.1, -0.05) is 13.8 Å². The molecule has 2 aromatic rings. The van der Waals surface area contributed by atoms with Crippen LogP contribution >= 0.6 is 0 Å². The van der Waals surface area contributed by atoms with Crippen molar-refractivity contribution in [1.82, 2.24) is 15.0 Å². The van der Waals surface area contributed by atoms with Crippen LogP contribution in [0.2, 0.25) is 0 Å². The van der Waals surface area contributed by atoms with E-state index in [1.165, 1.54) is 12.8 Å². The molecule has 0 aliphatic carbocycles. The van der Waals surface area contributed by atoms with E-state index >= 15 is 0 Å². The first-order valence-corrected chi connectivity index (χ1v) is 7.71. The fourth-order valence-corrected chi connectivity index (χ4v) is 2.95. The number of nitrogens with zero attached hydrogens (tertiary/aromatic N) is 4. The minimum atomic E-state index is 0.785. The monoisotopic (exact) mass is 282 g/mol. The third kappa shape index (κ3) is 3.20. The Morgan fingerprint density at radius 3 is 2.33 bits per heavy atom. The smallest absolute Gasteiger partial charge is 0.147 e. The highest BCUT2D eigenvalue weighted by Gasteiger charge is 2.22. The first kappa shape index (κ1) is 14.0. The normalized spacial score (nSPS) is 16.4. The van der Waals surface area contributed by atoms with Crippen LogP contribution in [-0.4, -0.2) is 28.0 Å². The molecule has 0 unspecified atom stereocenters. The van der Waals surface area contributed by atoms with Crippen molar-refractivity contribution in [2.45, 2.75) is 26.7 Å². The lowest BCUT2D eigenvalue weighted by atomic mass is 9.87. The average molecular weight is 282 g/mol. The molecule has 1 fully saturated rings. The van der Waals surface area contributed by atoms with Gasteiger partial charge in [0.1, 0.15) is 5.82 Å². The summed E-state index contributed by atoms with van der Waals surface area (Å²) < 4.78 is 0. The minimum absolute atomic E-state index is 0.785. The van der Waals surface area contributed by atoms with Gasteiger partial charge in [0.15, 0.2) is 0 Å². The summed E-state index contributed by atoms with van der Waals surface area (Å²) in [5.74, 6) is 2.63. The molecule has 110 valence electrons. The van der Waals surface area contributed by atoms with Crippen molar-refractivity contribution >= 4 is 5.82 Å². The lowest BCUT2D eigenvalue weighted by molar-refractivity contribution is 0.310. The van der Waals surface area contributed by atoms with Crippen LogP contribution in [0.25, 0.3) is 11.3 Å². The number of hydrogen-bond donors (Lipinski definition) is 0. The molecule has 0 atom stereocenters. The lowest BCUT2D eigenvalue weighted by Crippen LogP contribution is -2.35. The second-order valence-corrected chi connectivity index (χ2v) is 6.06. The predicted octanol–water partition coefficient (Wildman–Crippen LogP) is 3.41. The molecule has 0 radical (unpaired) electrons. The van der Waals surface area contributed by atoms with Gasteiger partial charge in [0.2, 0.25) is 0 Å². The van der Waals surface area contributed by atoms with E-state index in [9.17, 15) is 0 Å². The molecule has 0 amide bonds. The zero-order chi connectivity index (χ0) is 14.7. The van der Waals surface area contributed by atoms with Crippen molar-refractivity contribution in [1.29, 1.82) is 0 Å².